The van der Waals surface area contributed by atoms with Gasteiger partial charge in [0, 0.05) is 30.3 Å². The third-order valence-corrected chi connectivity index (χ3v) is 3.82. The summed E-state index contributed by atoms with van der Waals surface area (Å²) >= 11 is 0. The van der Waals surface area contributed by atoms with E-state index in [1.807, 2.05) is 17.0 Å². The van der Waals surface area contributed by atoms with E-state index >= 15 is 0 Å². The van der Waals surface area contributed by atoms with Gasteiger partial charge in [0.2, 0.25) is 5.91 Å². The Kier molecular flexibility index (Phi) is 3.30. The summed E-state index contributed by atoms with van der Waals surface area (Å²) in [5, 5.41) is 2.84. The summed E-state index contributed by atoms with van der Waals surface area (Å²) in [4.78, 5) is 25.8. The normalized spacial score (nSPS) is 17.1. The lowest BCUT2D eigenvalue weighted by Gasteiger charge is -2.22. The van der Waals surface area contributed by atoms with Gasteiger partial charge in [0.25, 0.3) is 5.91 Å². The standard InChI is InChI=1S/C16H18N2O2/c1-2-9-18(13-5-6-13)16(20)12-3-7-14-11(10-12)4-8-15(19)17-14/h2-3,7,10,13H,1,4-6,8-9H2,(H,17,19). The van der Waals surface area contributed by atoms with Crippen molar-refractivity contribution in [2.75, 3.05) is 11.9 Å². The number of carbonyl (C=O) groups is 2. The molecule has 1 N–H and O–H groups in total. The van der Waals surface area contributed by atoms with E-state index in [1.54, 1.807) is 12.1 Å². The van der Waals surface area contributed by atoms with Gasteiger partial charge in [-0.25, -0.2) is 0 Å². The number of amides is 2. The molecule has 104 valence electrons. The van der Waals surface area contributed by atoms with Crippen LogP contribution in [0.3, 0.4) is 0 Å². The molecule has 1 aliphatic heterocycles. The molecule has 0 bridgehead atoms. The van der Waals surface area contributed by atoms with Gasteiger partial charge >= 0.3 is 0 Å². The fourth-order valence-electron chi connectivity index (χ4n) is 2.61. The summed E-state index contributed by atoms with van der Waals surface area (Å²) in [5.74, 6) is 0.106. The van der Waals surface area contributed by atoms with E-state index in [1.165, 1.54) is 0 Å². The maximum absolute atomic E-state index is 12.6. The van der Waals surface area contributed by atoms with Crippen molar-refractivity contribution in [3.05, 3.63) is 42.0 Å². The zero-order chi connectivity index (χ0) is 14.1. The Morgan fingerprint density at radius 3 is 2.90 bits per heavy atom. The second-order valence-electron chi connectivity index (χ2n) is 5.40. The number of carbonyl (C=O) groups excluding carboxylic acids is 2. The van der Waals surface area contributed by atoms with Gasteiger partial charge in [0.05, 0.1) is 0 Å². The molecule has 1 aromatic rings. The molecule has 4 nitrogen and oxygen atoms in total. The van der Waals surface area contributed by atoms with Crippen molar-refractivity contribution in [3.8, 4) is 0 Å². The third-order valence-electron chi connectivity index (χ3n) is 3.82. The quantitative estimate of drug-likeness (QED) is 0.854. The fourth-order valence-corrected chi connectivity index (χ4v) is 2.61. The van der Waals surface area contributed by atoms with Crippen LogP contribution < -0.4 is 5.32 Å². The maximum atomic E-state index is 12.6. The molecule has 4 heteroatoms. The fraction of sp³-hybridized carbons (Fsp3) is 0.375. The Balaban J connectivity index is 1.84. The second kappa shape index (κ2) is 5.12. The number of hydrogen-bond donors (Lipinski definition) is 1. The SMILES string of the molecule is C=CCN(C(=O)c1ccc2c(c1)CCC(=O)N2)C1CC1. The molecule has 1 heterocycles. The molecule has 1 saturated carbocycles. The minimum absolute atomic E-state index is 0.0443. The zero-order valence-corrected chi connectivity index (χ0v) is 11.4. The van der Waals surface area contributed by atoms with Crippen molar-refractivity contribution in [1.29, 1.82) is 0 Å². The Morgan fingerprint density at radius 1 is 1.40 bits per heavy atom. The molecule has 0 spiro atoms. The summed E-state index contributed by atoms with van der Waals surface area (Å²) in [6, 6.07) is 5.91. The van der Waals surface area contributed by atoms with E-state index in [4.69, 9.17) is 0 Å². The predicted molar refractivity (Wildman–Crippen MR) is 77.6 cm³/mol. The van der Waals surface area contributed by atoms with Crippen LogP contribution in [0.4, 0.5) is 5.69 Å². The molecule has 1 fully saturated rings. The first kappa shape index (κ1) is 12.9. The van der Waals surface area contributed by atoms with Crippen molar-refractivity contribution in [3.63, 3.8) is 0 Å². The van der Waals surface area contributed by atoms with E-state index in [-0.39, 0.29) is 11.8 Å². The first-order valence-electron chi connectivity index (χ1n) is 7.03. The second-order valence-corrected chi connectivity index (χ2v) is 5.40. The predicted octanol–water partition coefficient (Wildman–Crippen LogP) is 2.36. The number of rotatable bonds is 4. The van der Waals surface area contributed by atoms with Crippen LogP contribution in [0, 0.1) is 0 Å². The molecule has 1 aliphatic carbocycles. The van der Waals surface area contributed by atoms with Crippen molar-refractivity contribution >= 4 is 17.5 Å². The van der Waals surface area contributed by atoms with Gasteiger partial charge in [-0.3, -0.25) is 9.59 Å². The number of nitrogens with one attached hydrogen (secondary N) is 1. The highest BCUT2D eigenvalue weighted by Crippen LogP contribution is 2.29. The van der Waals surface area contributed by atoms with E-state index in [0.717, 1.165) is 24.1 Å². The van der Waals surface area contributed by atoms with Gasteiger partial charge < -0.3 is 10.2 Å². The van der Waals surface area contributed by atoms with E-state index in [0.29, 0.717) is 31.0 Å². The highest BCUT2D eigenvalue weighted by atomic mass is 16.2. The van der Waals surface area contributed by atoms with Gasteiger partial charge in [-0.15, -0.1) is 6.58 Å². The first-order valence-corrected chi connectivity index (χ1v) is 7.03. The molecule has 0 radical (unpaired) electrons. The minimum atomic E-state index is 0.0443. The summed E-state index contributed by atoms with van der Waals surface area (Å²) in [6.45, 7) is 4.32. The summed E-state index contributed by atoms with van der Waals surface area (Å²) in [6.07, 6.45) is 5.13. The largest absolute Gasteiger partial charge is 0.332 e. The van der Waals surface area contributed by atoms with Gasteiger partial charge in [-0.2, -0.15) is 0 Å². The molecule has 0 atom stereocenters. The lowest BCUT2D eigenvalue weighted by molar-refractivity contribution is -0.116. The molecule has 0 aromatic heterocycles. The van der Waals surface area contributed by atoms with Gasteiger partial charge in [-0.1, -0.05) is 6.08 Å². The van der Waals surface area contributed by atoms with Crippen LogP contribution in [0.25, 0.3) is 0 Å². The van der Waals surface area contributed by atoms with Crippen molar-refractivity contribution in [2.45, 2.75) is 31.7 Å². The number of aryl methyl sites for hydroxylation is 1. The number of fused-ring (bicyclic) bond motifs is 1. The van der Waals surface area contributed by atoms with Crippen molar-refractivity contribution < 1.29 is 9.59 Å². The van der Waals surface area contributed by atoms with E-state index in [2.05, 4.69) is 11.9 Å². The summed E-state index contributed by atoms with van der Waals surface area (Å²) in [5.41, 5.74) is 2.58. The number of anilines is 1. The van der Waals surface area contributed by atoms with Gasteiger partial charge in [-0.05, 0) is 43.0 Å². The van der Waals surface area contributed by atoms with Crippen LogP contribution in [-0.2, 0) is 11.2 Å². The summed E-state index contributed by atoms with van der Waals surface area (Å²) < 4.78 is 0. The smallest absolute Gasteiger partial charge is 0.254 e. The first-order chi connectivity index (χ1) is 9.69. The molecule has 1 aromatic carbocycles. The molecule has 20 heavy (non-hydrogen) atoms. The monoisotopic (exact) mass is 270 g/mol. The highest BCUT2D eigenvalue weighted by Gasteiger charge is 2.32. The number of hydrogen-bond acceptors (Lipinski definition) is 2. The summed E-state index contributed by atoms with van der Waals surface area (Å²) in [7, 11) is 0. The van der Waals surface area contributed by atoms with Crippen LogP contribution in [0.2, 0.25) is 0 Å². The van der Waals surface area contributed by atoms with Crippen LogP contribution in [0.1, 0.15) is 35.2 Å². The van der Waals surface area contributed by atoms with Crippen LogP contribution in [0.5, 0.6) is 0 Å². The van der Waals surface area contributed by atoms with E-state index in [9.17, 15) is 9.59 Å². The van der Waals surface area contributed by atoms with Crippen LogP contribution in [-0.4, -0.2) is 29.3 Å². The number of benzene rings is 1. The lowest BCUT2D eigenvalue weighted by atomic mass is 10.00. The maximum Gasteiger partial charge on any atom is 0.254 e. The Morgan fingerprint density at radius 2 is 2.20 bits per heavy atom. The molecular formula is C16H18N2O2. The molecule has 2 amide bonds. The Hall–Kier alpha value is -2.10. The molecule has 0 unspecified atom stereocenters. The van der Waals surface area contributed by atoms with Crippen molar-refractivity contribution in [1.82, 2.24) is 4.90 Å². The Labute approximate surface area is 118 Å². The van der Waals surface area contributed by atoms with Gasteiger partial charge in [0.1, 0.15) is 0 Å². The highest BCUT2D eigenvalue weighted by molar-refractivity contribution is 5.98. The minimum Gasteiger partial charge on any atom is -0.332 e. The average molecular weight is 270 g/mol. The molecule has 3 rings (SSSR count). The topological polar surface area (TPSA) is 49.4 Å². The Bertz CT molecular complexity index is 576. The molecule has 0 saturated heterocycles. The van der Waals surface area contributed by atoms with Crippen LogP contribution in [0.15, 0.2) is 30.9 Å². The zero-order valence-electron chi connectivity index (χ0n) is 11.4. The lowest BCUT2D eigenvalue weighted by Crippen LogP contribution is -2.33. The van der Waals surface area contributed by atoms with Gasteiger partial charge in [0.15, 0.2) is 0 Å². The van der Waals surface area contributed by atoms with E-state index < -0.39 is 0 Å². The van der Waals surface area contributed by atoms with Crippen LogP contribution >= 0.6 is 0 Å². The third kappa shape index (κ3) is 2.46. The average Bonchev–Trinajstić information content (AvgIpc) is 3.28. The molecule has 2 aliphatic rings. The molecular weight excluding hydrogens is 252 g/mol. The van der Waals surface area contributed by atoms with Crippen molar-refractivity contribution in [2.24, 2.45) is 0 Å². The number of nitrogens with zero attached hydrogens (tertiary/aromatic N) is 1.